The molecule has 0 saturated carbocycles. The fraction of sp³-hybridized carbons (Fsp3) is 0.571. The SMILES string of the molecule is O=C(NCCN1CCCCC1)c1ccc2c(c1)C(=O)N(CC1CCCO1)C2=O. The minimum absolute atomic E-state index is 0.0835. The molecule has 4 rings (SSSR count). The highest BCUT2D eigenvalue weighted by molar-refractivity contribution is 6.22. The number of piperidine rings is 1. The minimum atomic E-state index is -0.335. The molecule has 3 aliphatic heterocycles. The summed E-state index contributed by atoms with van der Waals surface area (Å²) in [5.41, 5.74) is 1.09. The molecule has 3 amide bonds. The van der Waals surface area contributed by atoms with E-state index in [2.05, 4.69) is 10.2 Å². The van der Waals surface area contributed by atoms with E-state index in [0.29, 0.717) is 29.8 Å². The number of carbonyl (C=O) groups excluding carboxylic acids is 3. The Balaban J connectivity index is 1.37. The van der Waals surface area contributed by atoms with E-state index in [1.54, 1.807) is 18.2 Å². The van der Waals surface area contributed by atoms with Crippen LogP contribution in [0.4, 0.5) is 0 Å². The number of fused-ring (bicyclic) bond motifs is 1. The van der Waals surface area contributed by atoms with E-state index >= 15 is 0 Å². The molecule has 2 saturated heterocycles. The Morgan fingerprint density at radius 1 is 1.07 bits per heavy atom. The second-order valence-corrected chi connectivity index (χ2v) is 7.77. The molecule has 1 N–H and O–H groups in total. The molecule has 1 unspecified atom stereocenters. The predicted molar refractivity (Wildman–Crippen MR) is 103 cm³/mol. The average molecular weight is 385 g/mol. The van der Waals surface area contributed by atoms with Crippen LogP contribution in [0.3, 0.4) is 0 Å². The predicted octanol–water partition coefficient (Wildman–Crippen LogP) is 1.68. The molecular weight excluding hydrogens is 358 g/mol. The summed E-state index contributed by atoms with van der Waals surface area (Å²) in [6, 6.07) is 4.75. The van der Waals surface area contributed by atoms with Crippen LogP contribution in [0.25, 0.3) is 0 Å². The lowest BCUT2D eigenvalue weighted by Gasteiger charge is -2.26. The van der Waals surface area contributed by atoms with Gasteiger partial charge in [-0.15, -0.1) is 0 Å². The molecule has 28 heavy (non-hydrogen) atoms. The van der Waals surface area contributed by atoms with Gasteiger partial charge in [-0.25, -0.2) is 0 Å². The van der Waals surface area contributed by atoms with E-state index in [1.807, 2.05) is 0 Å². The van der Waals surface area contributed by atoms with Crippen molar-refractivity contribution in [2.45, 2.75) is 38.2 Å². The molecule has 1 atom stereocenters. The zero-order chi connectivity index (χ0) is 19.5. The van der Waals surface area contributed by atoms with Gasteiger partial charge in [0.05, 0.1) is 23.8 Å². The highest BCUT2D eigenvalue weighted by Crippen LogP contribution is 2.26. The Bertz CT molecular complexity index is 767. The third kappa shape index (κ3) is 3.95. The van der Waals surface area contributed by atoms with Gasteiger partial charge in [-0.3, -0.25) is 19.3 Å². The Morgan fingerprint density at radius 3 is 2.61 bits per heavy atom. The molecule has 0 aliphatic carbocycles. The van der Waals surface area contributed by atoms with E-state index in [9.17, 15) is 14.4 Å². The van der Waals surface area contributed by atoms with Gasteiger partial charge in [-0.05, 0) is 57.0 Å². The molecule has 0 aromatic heterocycles. The molecule has 0 spiro atoms. The number of nitrogens with zero attached hydrogens (tertiary/aromatic N) is 2. The van der Waals surface area contributed by atoms with Crippen molar-refractivity contribution < 1.29 is 19.1 Å². The molecule has 2 fully saturated rings. The summed E-state index contributed by atoms with van der Waals surface area (Å²) >= 11 is 0. The third-order valence-electron chi connectivity index (χ3n) is 5.81. The highest BCUT2D eigenvalue weighted by Gasteiger charge is 2.37. The zero-order valence-corrected chi connectivity index (χ0v) is 16.1. The van der Waals surface area contributed by atoms with Crippen LogP contribution in [0.2, 0.25) is 0 Å². The van der Waals surface area contributed by atoms with Gasteiger partial charge in [0, 0.05) is 25.3 Å². The summed E-state index contributed by atoms with van der Waals surface area (Å²) in [5.74, 6) is -0.844. The monoisotopic (exact) mass is 385 g/mol. The lowest BCUT2D eigenvalue weighted by atomic mass is 10.1. The van der Waals surface area contributed by atoms with Gasteiger partial charge in [0.15, 0.2) is 0 Å². The van der Waals surface area contributed by atoms with Crippen molar-refractivity contribution in [1.29, 1.82) is 0 Å². The normalized spacial score (nSPS) is 22.6. The first-order valence-electron chi connectivity index (χ1n) is 10.3. The number of amides is 3. The van der Waals surface area contributed by atoms with E-state index < -0.39 is 0 Å². The molecular formula is C21H27N3O4. The summed E-state index contributed by atoms with van der Waals surface area (Å²) in [6.45, 7) is 4.55. The van der Waals surface area contributed by atoms with Gasteiger partial charge in [-0.1, -0.05) is 6.42 Å². The summed E-state index contributed by atoms with van der Waals surface area (Å²) in [5, 5.41) is 2.92. The Kier molecular flexibility index (Phi) is 5.73. The van der Waals surface area contributed by atoms with Crippen LogP contribution in [0, 0.1) is 0 Å². The highest BCUT2D eigenvalue weighted by atomic mass is 16.5. The van der Waals surface area contributed by atoms with Crippen molar-refractivity contribution in [2.75, 3.05) is 39.3 Å². The van der Waals surface area contributed by atoms with Crippen LogP contribution in [0.15, 0.2) is 18.2 Å². The van der Waals surface area contributed by atoms with Gasteiger partial charge < -0.3 is 15.0 Å². The fourth-order valence-electron chi connectivity index (χ4n) is 4.20. The number of rotatable bonds is 6. The number of likely N-dealkylation sites (tertiary alicyclic amines) is 1. The van der Waals surface area contributed by atoms with Crippen LogP contribution in [-0.4, -0.2) is 73.0 Å². The van der Waals surface area contributed by atoms with E-state index in [-0.39, 0.29) is 30.4 Å². The standard InChI is InChI=1S/C21H27N3O4/c25-19(22-8-11-23-9-2-1-3-10-23)15-6-7-17-18(13-15)21(27)24(20(17)26)14-16-5-4-12-28-16/h6-7,13,16H,1-5,8-12,14H2,(H,22,25). The summed E-state index contributed by atoms with van der Waals surface area (Å²) in [4.78, 5) is 41.4. The van der Waals surface area contributed by atoms with Crippen molar-refractivity contribution in [3.05, 3.63) is 34.9 Å². The van der Waals surface area contributed by atoms with E-state index in [1.165, 1.54) is 24.2 Å². The second-order valence-electron chi connectivity index (χ2n) is 7.77. The number of ether oxygens (including phenoxy) is 1. The van der Waals surface area contributed by atoms with Gasteiger partial charge in [0.25, 0.3) is 17.7 Å². The molecule has 0 radical (unpaired) electrons. The van der Waals surface area contributed by atoms with Crippen molar-refractivity contribution in [3.63, 3.8) is 0 Å². The maximum atomic E-state index is 12.7. The average Bonchev–Trinajstić information content (AvgIpc) is 3.32. The maximum absolute atomic E-state index is 12.7. The maximum Gasteiger partial charge on any atom is 0.261 e. The third-order valence-corrected chi connectivity index (χ3v) is 5.81. The van der Waals surface area contributed by atoms with Crippen molar-refractivity contribution in [3.8, 4) is 0 Å². The lowest BCUT2D eigenvalue weighted by Crippen LogP contribution is -2.37. The minimum Gasteiger partial charge on any atom is -0.376 e. The molecule has 1 aromatic rings. The molecule has 3 aliphatic rings. The Labute approximate surface area is 165 Å². The number of nitrogens with one attached hydrogen (secondary N) is 1. The molecule has 150 valence electrons. The van der Waals surface area contributed by atoms with Gasteiger partial charge >= 0.3 is 0 Å². The van der Waals surface area contributed by atoms with Crippen LogP contribution >= 0.6 is 0 Å². The summed E-state index contributed by atoms with van der Waals surface area (Å²) < 4.78 is 5.55. The van der Waals surface area contributed by atoms with E-state index in [4.69, 9.17) is 4.74 Å². The van der Waals surface area contributed by atoms with Gasteiger partial charge in [0.1, 0.15) is 0 Å². The Hall–Kier alpha value is -2.25. The number of imide groups is 1. The first kappa shape index (κ1) is 19.1. The first-order chi connectivity index (χ1) is 13.6. The molecule has 7 heteroatoms. The molecule has 1 aromatic carbocycles. The smallest absolute Gasteiger partial charge is 0.261 e. The second kappa shape index (κ2) is 8.41. The largest absolute Gasteiger partial charge is 0.376 e. The van der Waals surface area contributed by atoms with Gasteiger partial charge in [-0.2, -0.15) is 0 Å². The quantitative estimate of drug-likeness (QED) is 0.754. The zero-order valence-electron chi connectivity index (χ0n) is 16.1. The van der Waals surface area contributed by atoms with Crippen LogP contribution in [0.1, 0.15) is 63.2 Å². The van der Waals surface area contributed by atoms with Crippen molar-refractivity contribution in [2.24, 2.45) is 0 Å². The molecule has 7 nitrogen and oxygen atoms in total. The van der Waals surface area contributed by atoms with Crippen LogP contribution in [0.5, 0.6) is 0 Å². The van der Waals surface area contributed by atoms with Crippen molar-refractivity contribution in [1.82, 2.24) is 15.1 Å². The molecule has 3 heterocycles. The number of benzene rings is 1. The van der Waals surface area contributed by atoms with Crippen molar-refractivity contribution >= 4 is 17.7 Å². The number of hydrogen-bond acceptors (Lipinski definition) is 5. The van der Waals surface area contributed by atoms with E-state index in [0.717, 1.165) is 32.5 Å². The topological polar surface area (TPSA) is 79.0 Å². The van der Waals surface area contributed by atoms with Gasteiger partial charge in [0.2, 0.25) is 0 Å². The van der Waals surface area contributed by atoms with Crippen LogP contribution < -0.4 is 5.32 Å². The Morgan fingerprint density at radius 2 is 1.86 bits per heavy atom. The fourth-order valence-corrected chi connectivity index (χ4v) is 4.20. The number of hydrogen-bond donors (Lipinski definition) is 1. The first-order valence-corrected chi connectivity index (χ1v) is 10.3. The van der Waals surface area contributed by atoms with Crippen LogP contribution in [-0.2, 0) is 4.74 Å². The summed E-state index contributed by atoms with van der Waals surface area (Å²) in [6.07, 6.45) is 5.46. The lowest BCUT2D eigenvalue weighted by molar-refractivity contribution is 0.0475. The summed E-state index contributed by atoms with van der Waals surface area (Å²) in [7, 11) is 0. The molecule has 0 bridgehead atoms. The number of carbonyl (C=O) groups is 3.